The van der Waals surface area contributed by atoms with Gasteiger partial charge in [-0.25, -0.2) is 4.79 Å². The van der Waals surface area contributed by atoms with Gasteiger partial charge in [0.05, 0.1) is 6.61 Å². The first-order valence-electron chi connectivity index (χ1n) is 7.89. The lowest BCUT2D eigenvalue weighted by Gasteiger charge is -2.07. The quantitative estimate of drug-likeness (QED) is 0.402. The molecular formula is C20H21ClO3. The van der Waals surface area contributed by atoms with Crippen molar-refractivity contribution in [1.29, 1.82) is 0 Å². The van der Waals surface area contributed by atoms with E-state index in [2.05, 4.69) is 6.92 Å². The maximum atomic E-state index is 11.9. The molecule has 126 valence electrons. The van der Waals surface area contributed by atoms with E-state index in [4.69, 9.17) is 21.1 Å². The van der Waals surface area contributed by atoms with Crippen molar-refractivity contribution in [3.05, 3.63) is 64.2 Å². The molecule has 0 radical (unpaired) electrons. The van der Waals surface area contributed by atoms with Crippen LogP contribution in [0.5, 0.6) is 11.5 Å². The van der Waals surface area contributed by atoms with Gasteiger partial charge in [-0.3, -0.25) is 0 Å². The number of halogens is 1. The van der Waals surface area contributed by atoms with Gasteiger partial charge in [0, 0.05) is 11.1 Å². The number of hydrogen-bond acceptors (Lipinski definition) is 3. The molecule has 2 rings (SSSR count). The van der Waals surface area contributed by atoms with E-state index in [0.717, 1.165) is 28.9 Å². The second-order valence-corrected chi connectivity index (χ2v) is 5.92. The summed E-state index contributed by atoms with van der Waals surface area (Å²) in [5.74, 6) is 0.887. The summed E-state index contributed by atoms with van der Waals surface area (Å²) in [7, 11) is 0. The largest absolute Gasteiger partial charge is 0.494 e. The van der Waals surface area contributed by atoms with Crippen LogP contribution in [0, 0.1) is 13.8 Å². The molecule has 2 aromatic carbocycles. The van der Waals surface area contributed by atoms with Gasteiger partial charge in [0.2, 0.25) is 0 Å². The highest BCUT2D eigenvalue weighted by Crippen LogP contribution is 2.26. The Labute approximate surface area is 147 Å². The van der Waals surface area contributed by atoms with E-state index in [9.17, 15) is 4.79 Å². The lowest BCUT2D eigenvalue weighted by Crippen LogP contribution is -2.04. The minimum absolute atomic E-state index is 0.428. The Morgan fingerprint density at radius 2 is 1.71 bits per heavy atom. The topological polar surface area (TPSA) is 35.5 Å². The smallest absolute Gasteiger partial charge is 0.336 e. The summed E-state index contributed by atoms with van der Waals surface area (Å²) in [5.41, 5.74) is 2.66. The van der Waals surface area contributed by atoms with Gasteiger partial charge in [-0.05, 0) is 67.3 Å². The number of hydrogen-bond donors (Lipinski definition) is 0. The molecule has 3 nitrogen and oxygen atoms in total. The Morgan fingerprint density at radius 1 is 1.08 bits per heavy atom. The van der Waals surface area contributed by atoms with Crippen molar-refractivity contribution < 1.29 is 14.3 Å². The summed E-state index contributed by atoms with van der Waals surface area (Å²) in [6.07, 6.45) is 4.08. The lowest BCUT2D eigenvalue weighted by atomic mass is 10.1. The van der Waals surface area contributed by atoms with Crippen molar-refractivity contribution in [3.63, 3.8) is 0 Å². The van der Waals surface area contributed by atoms with Gasteiger partial charge in [0.25, 0.3) is 0 Å². The molecule has 0 atom stereocenters. The maximum Gasteiger partial charge on any atom is 0.336 e. The maximum absolute atomic E-state index is 11.9. The van der Waals surface area contributed by atoms with Crippen LogP contribution in [0.25, 0.3) is 6.08 Å². The average molecular weight is 345 g/mol. The van der Waals surface area contributed by atoms with Gasteiger partial charge >= 0.3 is 5.97 Å². The minimum atomic E-state index is -0.428. The van der Waals surface area contributed by atoms with Crippen molar-refractivity contribution in [2.75, 3.05) is 6.61 Å². The standard InChI is InChI=1S/C20H21ClO3/c1-4-11-23-17-8-5-16(6-9-17)7-10-19(22)24-18-12-14(2)20(21)15(3)13-18/h5-10,12-13H,4,11H2,1-3H3/b10-7+. The third-order valence-corrected chi connectivity index (χ3v) is 3.99. The SMILES string of the molecule is CCCOc1ccc(/C=C/C(=O)Oc2cc(C)c(Cl)c(C)c2)cc1. The van der Waals surface area contributed by atoms with Gasteiger partial charge in [0.1, 0.15) is 11.5 Å². The van der Waals surface area contributed by atoms with Crippen molar-refractivity contribution in [2.45, 2.75) is 27.2 Å². The van der Waals surface area contributed by atoms with Crippen LogP contribution < -0.4 is 9.47 Å². The molecule has 0 spiro atoms. The highest BCUT2D eigenvalue weighted by molar-refractivity contribution is 6.32. The second-order valence-electron chi connectivity index (χ2n) is 5.54. The highest BCUT2D eigenvalue weighted by atomic mass is 35.5. The molecule has 0 aliphatic carbocycles. The first kappa shape index (κ1) is 18.1. The molecule has 0 saturated heterocycles. The van der Waals surface area contributed by atoms with Crippen LogP contribution in [0.1, 0.15) is 30.0 Å². The van der Waals surface area contributed by atoms with Crippen LogP contribution in [0.4, 0.5) is 0 Å². The monoisotopic (exact) mass is 344 g/mol. The average Bonchev–Trinajstić information content (AvgIpc) is 2.57. The van der Waals surface area contributed by atoms with Gasteiger partial charge in [-0.2, -0.15) is 0 Å². The van der Waals surface area contributed by atoms with E-state index in [0.29, 0.717) is 17.4 Å². The summed E-state index contributed by atoms with van der Waals surface area (Å²) in [4.78, 5) is 11.9. The molecule has 0 heterocycles. The number of carbonyl (C=O) groups excluding carboxylic acids is 1. The molecule has 0 amide bonds. The number of carbonyl (C=O) groups is 1. The molecule has 2 aromatic rings. The van der Waals surface area contributed by atoms with Crippen LogP contribution in [-0.4, -0.2) is 12.6 Å². The molecule has 0 N–H and O–H groups in total. The number of rotatable bonds is 6. The summed E-state index contributed by atoms with van der Waals surface area (Å²) in [5, 5.41) is 0.690. The summed E-state index contributed by atoms with van der Waals surface area (Å²) in [6.45, 7) is 6.52. The van der Waals surface area contributed by atoms with Gasteiger partial charge in [-0.1, -0.05) is 30.7 Å². The van der Waals surface area contributed by atoms with Gasteiger partial charge in [-0.15, -0.1) is 0 Å². The number of benzene rings is 2. The van der Waals surface area contributed by atoms with E-state index in [1.807, 2.05) is 38.1 Å². The van der Waals surface area contributed by atoms with Crippen molar-refractivity contribution in [3.8, 4) is 11.5 Å². The third kappa shape index (κ3) is 5.14. The molecule has 24 heavy (non-hydrogen) atoms. The molecule has 0 aliphatic rings. The van der Waals surface area contributed by atoms with Crippen LogP contribution in [0.2, 0.25) is 5.02 Å². The molecule has 0 aromatic heterocycles. The molecule has 4 heteroatoms. The van der Waals surface area contributed by atoms with E-state index >= 15 is 0 Å². The zero-order valence-electron chi connectivity index (χ0n) is 14.1. The van der Waals surface area contributed by atoms with Gasteiger partial charge < -0.3 is 9.47 Å². The predicted octanol–water partition coefficient (Wildman–Crippen LogP) is 5.36. The molecule has 0 aliphatic heterocycles. The fourth-order valence-corrected chi connectivity index (χ4v) is 2.28. The molecule has 0 saturated carbocycles. The predicted molar refractivity (Wildman–Crippen MR) is 97.8 cm³/mol. The molecule has 0 unspecified atom stereocenters. The first-order chi connectivity index (χ1) is 11.5. The highest BCUT2D eigenvalue weighted by Gasteiger charge is 2.06. The lowest BCUT2D eigenvalue weighted by molar-refractivity contribution is -0.128. The number of aryl methyl sites for hydroxylation is 2. The Morgan fingerprint density at radius 3 is 2.29 bits per heavy atom. The fraction of sp³-hybridized carbons (Fsp3) is 0.250. The third-order valence-electron chi connectivity index (χ3n) is 3.39. The van der Waals surface area contributed by atoms with Crippen LogP contribution in [0.15, 0.2) is 42.5 Å². The summed E-state index contributed by atoms with van der Waals surface area (Å²) in [6, 6.07) is 11.1. The molecule has 0 fully saturated rings. The van der Waals surface area contributed by atoms with Crippen molar-refractivity contribution in [1.82, 2.24) is 0 Å². The minimum Gasteiger partial charge on any atom is -0.494 e. The van der Waals surface area contributed by atoms with Crippen molar-refractivity contribution >= 4 is 23.6 Å². The molecule has 0 bridgehead atoms. The Balaban J connectivity index is 1.97. The summed E-state index contributed by atoms with van der Waals surface area (Å²) >= 11 is 6.11. The van der Waals surface area contributed by atoms with E-state index in [-0.39, 0.29) is 0 Å². The zero-order valence-corrected chi connectivity index (χ0v) is 14.9. The number of esters is 1. The van der Waals surface area contributed by atoms with Crippen LogP contribution >= 0.6 is 11.6 Å². The Bertz CT molecular complexity index is 710. The Hall–Kier alpha value is -2.26. The van der Waals surface area contributed by atoms with Crippen LogP contribution in [-0.2, 0) is 4.79 Å². The first-order valence-corrected chi connectivity index (χ1v) is 8.27. The number of ether oxygens (including phenoxy) is 2. The summed E-state index contributed by atoms with van der Waals surface area (Å²) < 4.78 is 10.8. The second kappa shape index (κ2) is 8.55. The normalized spacial score (nSPS) is 10.8. The molecular weight excluding hydrogens is 324 g/mol. The van der Waals surface area contributed by atoms with Crippen LogP contribution in [0.3, 0.4) is 0 Å². The zero-order chi connectivity index (χ0) is 17.5. The Kier molecular flexibility index (Phi) is 6.44. The van der Waals surface area contributed by atoms with Crippen molar-refractivity contribution in [2.24, 2.45) is 0 Å². The fourth-order valence-electron chi connectivity index (χ4n) is 2.17. The van der Waals surface area contributed by atoms with E-state index in [1.165, 1.54) is 6.08 Å². The van der Waals surface area contributed by atoms with E-state index < -0.39 is 5.97 Å². The van der Waals surface area contributed by atoms with Gasteiger partial charge in [0.15, 0.2) is 0 Å². The van der Waals surface area contributed by atoms with E-state index in [1.54, 1.807) is 18.2 Å².